The van der Waals surface area contributed by atoms with Gasteiger partial charge in [0.25, 0.3) is 0 Å². The summed E-state index contributed by atoms with van der Waals surface area (Å²) in [5, 5.41) is 26.8. The summed E-state index contributed by atoms with van der Waals surface area (Å²) in [5.41, 5.74) is 1.05. The molecule has 0 bridgehead atoms. The van der Waals surface area contributed by atoms with Crippen molar-refractivity contribution in [3.05, 3.63) is 60.2 Å². The van der Waals surface area contributed by atoms with Crippen molar-refractivity contribution in [2.45, 2.75) is 19.8 Å². The van der Waals surface area contributed by atoms with Crippen molar-refractivity contribution in [2.75, 3.05) is 0 Å². The van der Waals surface area contributed by atoms with Crippen LogP contribution in [0.5, 0.6) is 11.5 Å². The quantitative estimate of drug-likeness (QED) is 0.444. The molecule has 0 aliphatic rings. The van der Waals surface area contributed by atoms with E-state index in [1.54, 1.807) is 6.07 Å². The topological polar surface area (TPSA) is 40.5 Å². The van der Waals surface area contributed by atoms with E-state index in [0.717, 1.165) is 37.9 Å². The molecule has 23 heavy (non-hydrogen) atoms. The van der Waals surface area contributed by atoms with Crippen LogP contribution in [0.3, 0.4) is 0 Å². The number of aromatic hydroxyl groups is 2. The third kappa shape index (κ3) is 1.95. The van der Waals surface area contributed by atoms with Crippen LogP contribution in [0.15, 0.2) is 54.6 Å². The Hall–Kier alpha value is -2.74. The summed E-state index contributed by atoms with van der Waals surface area (Å²) < 4.78 is 0. The highest BCUT2D eigenvalue weighted by molar-refractivity contribution is 6.21. The minimum Gasteiger partial charge on any atom is -0.507 e. The van der Waals surface area contributed by atoms with E-state index < -0.39 is 0 Å². The van der Waals surface area contributed by atoms with E-state index in [4.69, 9.17) is 0 Å². The fourth-order valence-corrected chi connectivity index (χ4v) is 3.52. The minimum absolute atomic E-state index is 0.209. The van der Waals surface area contributed by atoms with E-state index in [9.17, 15) is 10.2 Å². The van der Waals surface area contributed by atoms with Crippen LogP contribution in [-0.2, 0) is 0 Å². The highest BCUT2D eigenvalue weighted by Gasteiger charge is 2.16. The molecule has 0 atom stereocenters. The molecular weight excluding hydrogens is 284 g/mol. The number of rotatable bonds is 1. The first-order valence-corrected chi connectivity index (χ1v) is 7.87. The summed E-state index contributed by atoms with van der Waals surface area (Å²) in [7, 11) is 0. The van der Waals surface area contributed by atoms with Crippen LogP contribution in [0, 0.1) is 0 Å². The molecule has 2 N–H and O–H groups in total. The summed E-state index contributed by atoms with van der Waals surface area (Å²) in [6.07, 6.45) is 0. The maximum Gasteiger partial charge on any atom is 0.124 e. The molecule has 2 nitrogen and oxygen atoms in total. The molecule has 0 radical (unpaired) electrons. The number of phenolic OH excluding ortho intramolecular Hbond substituents is 2. The average molecular weight is 302 g/mol. The number of phenols is 2. The largest absolute Gasteiger partial charge is 0.507 e. The smallest absolute Gasteiger partial charge is 0.124 e. The van der Waals surface area contributed by atoms with Gasteiger partial charge in [-0.25, -0.2) is 0 Å². The van der Waals surface area contributed by atoms with Crippen molar-refractivity contribution < 1.29 is 10.2 Å². The van der Waals surface area contributed by atoms with E-state index in [1.807, 2.05) is 36.4 Å². The highest BCUT2D eigenvalue weighted by Crippen LogP contribution is 2.43. The predicted octanol–water partition coefficient (Wildman–Crippen LogP) is 5.68. The van der Waals surface area contributed by atoms with Gasteiger partial charge < -0.3 is 10.2 Å². The summed E-state index contributed by atoms with van der Waals surface area (Å²) in [4.78, 5) is 0. The Morgan fingerprint density at radius 1 is 0.696 bits per heavy atom. The van der Waals surface area contributed by atoms with Crippen LogP contribution >= 0.6 is 0 Å². The van der Waals surface area contributed by atoms with Gasteiger partial charge in [-0.3, -0.25) is 0 Å². The number of benzene rings is 4. The molecule has 0 unspecified atom stereocenters. The molecule has 0 heterocycles. The van der Waals surface area contributed by atoms with Crippen LogP contribution in [0.25, 0.3) is 32.3 Å². The van der Waals surface area contributed by atoms with Crippen molar-refractivity contribution >= 4 is 32.3 Å². The zero-order valence-corrected chi connectivity index (χ0v) is 13.2. The molecule has 114 valence electrons. The lowest BCUT2D eigenvalue weighted by molar-refractivity contribution is 0.475. The fraction of sp³-hybridized carbons (Fsp3) is 0.143. The van der Waals surface area contributed by atoms with Crippen LogP contribution in [-0.4, -0.2) is 10.2 Å². The fourth-order valence-electron chi connectivity index (χ4n) is 3.52. The van der Waals surface area contributed by atoms with Gasteiger partial charge in [-0.1, -0.05) is 56.3 Å². The first-order chi connectivity index (χ1) is 11.1. The van der Waals surface area contributed by atoms with Crippen molar-refractivity contribution in [3.8, 4) is 11.5 Å². The summed E-state index contributed by atoms with van der Waals surface area (Å²) in [6, 6.07) is 17.6. The molecule has 0 aromatic heterocycles. The van der Waals surface area contributed by atoms with E-state index in [2.05, 4.69) is 26.0 Å². The van der Waals surface area contributed by atoms with Gasteiger partial charge in [-0.2, -0.15) is 0 Å². The van der Waals surface area contributed by atoms with Gasteiger partial charge in [-0.05, 0) is 45.2 Å². The highest BCUT2D eigenvalue weighted by atomic mass is 16.3. The van der Waals surface area contributed by atoms with Crippen molar-refractivity contribution in [3.63, 3.8) is 0 Å². The first-order valence-electron chi connectivity index (χ1n) is 7.87. The van der Waals surface area contributed by atoms with Crippen LogP contribution in [0.1, 0.15) is 25.3 Å². The second-order valence-corrected chi connectivity index (χ2v) is 6.36. The van der Waals surface area contributed by atoms with Crippen LogP contribution in [0.2, 0.25) is 0 Å². The monoisotopic (exact) mass is 302 g/mol. The van der Waals surface area contributed by atoms with Gasteiger partial charge in [0.05, 0.1) is 0 Å². The molecule has 0 saturated heterocycles. The Kier molecular flexibility index (Phi) is 2.95. The van der Waals surface area contributed by atoms with Crippen molar-refractivity contribution in [1.29, 1.82) is 0 Å². The molecule has 0 spiro atoms. The van der Waals surface area contributed by atoms with Crippen molar-refractivity contribution in [2.24, 2.45) is 0 Å². The van der Waals surface area contributed by atoms with Crippen molar-refractivity contribution in [1.82, 2.24) is 0 Å². The third-order valence-corrected chi connectivity index (χ3v) is 4.61. The lowest BCUT2D eigenvalue weighted by Gasteiger charge is -2.16. The summed E-state index contributed by atoms with van der Waals surface area (Å²) >= 11 is 0. The lowest BCUT2D eigenvalue weighted by Crippen LogP contribution is -1.91. The molecule has 0 saturated carbocycles. The first kappa shape index (κ1) is 13.9. The molecule has 2 heteroatoms. The Bertz CT molecular complexity index is 1060. The van der Waals surface area contributed by atoms with Crippen LogP contribution in [0.4, 0.5) is 0 Å². The Balaban J connectivity index is 2.30. The van der Waals surface area contributed by atoms with Gasteiger partial charge in [-0.15, -0.1) is 0 Å². The molecular formula is C21H18O2. The molecule has 4 aromatic carbocycles. The summed E-state index contributed by atoms with van der Waals surface area (Å²) in [6.45, 7) is 4.19. The number of fused-ring (bicyclic) bond motifs is 5. The molecule has 0 aliphatic carbocycles. The Morgan fingerprint density at radius 2 is 1.48 bits per heavy atom. The maximum atomic E-state index is 10.7. The lowest BCUT2D eigenvalue weighted by atomic mass is 9.90. The minimum atomic E-state index is 0.209. The van der Waals surface area contributed by atoms with Gasteiger partial charge in [0, 0.05) is 10.8 Å². The van der Waals surface area contributed by atoms with Gasteiger partial charge in [0.15, 0.2) is 0 Å². The summed E-state index contributed by atoms with van der Waals surface area (Å²) in [5.74, 6) is 0.700. The number of hydrogen-bond acceptors (Lipinski definition) is 2. The average Bonchev–Trinajstić information content (AvgIpc) is 2.55. The zero-order valence-electron chi connectivity index (χ0n) is 13.2. The normalized spacial score (nSPS) is 11.8. The number of hydrogen-bond donors (Lipinski definition) is 2. The zero-order chi connectivity index (χ0) is 16.1. The Labute approximate surface area is 134 Å². The van der Waals surface area contributed by atoms with Gasteiger partial charge in [0.1, 0.15) is 11.5 Å². The van der Waals surface area contributed by atoms with E-state index in [1.165, 1.54) is 0 Å². The maximum absolute atomic E-state index is 10.7. The third-order valence-electron chi connectivity index (χ3n) is 4.61. The molecule has 4 aromatic rings. The second-order valence-electron chi connectivity index (χ2n) is 6.36. The standard InChI is InChI=1S/C21H18O2/c1-12(2)14-9-10-18(22)21-16-8-7-13-5-3-4-6-15(13)17(16)11-19(23)20(14)21/h3-12,22-23H,1-2H3. The van der Waals surface area contributed by atoms with Gasteiger partial charge in [0.2, 0.25) is 0 Å². The molecule has 4 rings (SSSR count). The van der Waals surface area contributed by atoms with E-state index >= 15 is 0 Å². The Morgan fingerprint density at radius 3 is 2.26 bits per heavy atom. The molecule has 0 aliphatic heterocycles. The molecule has 0 fully saturated rings. The van der Waals surface area contributed by atoms with Crippen LogP contribution < -0.4 is 0 Å². The van der Waals surface area contributed by atoms with E-state index in [-0.39, 0.29) is 17.4 Å². The molecule has 0 amide bonds. The predicted molar refractivity (Wildman–Crippen MR) is 96.4 cm³/mol. The van der Waals surface area contributed by atoms with E-state index in [0.29, 0.717) is 0 Å². The SMILES string of the molecule is CC(C)c1ccc(O)c2c1c(O)cc1c3ccccc3ccc12. The van der Waals surface area contributed by atoms with Gasteiger partial charge >= 0.3 is 0 Å². The second kappa shape index (κ2) is 4.88.